The molecule has 2 unspecified atom stereocenters. The Hall–Kier alpha value is -1.43. The Morgan fingerprint density at radius 3 is 3.11 bits per heavy atom. The lowest BCUT2D eigenvalue weighted by Crippen LogP contribution is -2.32. The molecular formula is C12H20N4O2. The van der Waals surface area contributed by atoms with Gasteiger partial charge in [-0.25, -0.2) is 4.98 Å². The van der Waals surface area contributed by atoms with Crippen LogP contribution in [0, 0.1) is 5.92 Å². The second-order valence-electron chi connectivity index (χ2n) is 4.69. The lowest BCUT2D eigenvalue weighted by molar-refractivity contribution is 0.0899. The molecule has 0 aliphatic carbocycles. The molecule has 1 aromatic rings. The fraction of sp³-hybridized carbons (Fsp3) is 0.750. The molecule has 0 radical (unpaired) electrons. The minimum Gasteiger partial charge on any atom is -0.378 e. The molecule has 6 nitrogen and oxygen atoms in total. The molecule has 2 atom stereocenters. The second-order valence-corrected chi connectivity index (χ2v) is 4.69. The van der Waals surface area contributed by atoms with Crippen molar-refractivity contribution in [3.8, 4) is 0 Å². The molecule has 0 bridgehead atoms. The smallest absolute Gasteiger partial charge is 0.290 e. The summed E-state index contributed by atoms with van der Waals surface area (Å²) < 4.78 is 5.45. The van der Waals surface area contributed by atoms with E-state index in [1.165, 1.54) is 0 Å². The van der Waals surface area contributed by atoms with Gasteiger partial charge < -0.3 is 10.1 Å². The fourth-order valence-corrected chi connectivity index (χ4v) is 2.09. The van der Waals surface area contributed by atoms with Gasteiger partial charge in [0.15, 0.2) is 0 Å². The molecule has 2 heterocycles. The third-order valence-corrected chi connectivity index (χ3v) is 3.28. The highest BCUT2D eigenvalue weighted by Crippen LogP contribution is 2.19. The first kappa shape index (κ1) is 13.0. The maximum absolute atomic E-state index is 11.8. The SMILES string of the molecule is CCCc1nc(C(=O)NCC2CCOC2C)n[nH]1. The molecule has 1 saturated heterocycles. The fourth-order valence-electron chi connectivity index (χ4n) is 2.09. The Labute approximate surface area is 107 Å². The van der Waals surface area contributed by atoms with E-state index < -0.39 is 0 Å². The number of nitrogens with one attached hydrogen (secondary N) is 2. The van der Waals surface area contributed by atoms with E-state index in [9.17, 15) is 4.79 Å². The number of aromatic nitrogens is 3. The van der Waals surface area contributed by atoms with Crippen LogP contribution in [-0.4, -0.2) is 40.3 Å². The number of carbonyl (C=O) groups is 1. The van der Waals surface area contributed by atoms with E-state index in [0.29, 0.717) is 12.5 Å². The van der Waals surface area contributed by atoms with Crippen molar-refractivity contribution in [3.63, 3.8) is 0 Å². The number of amides is 1. The van der Waals surface area contributed by atoms with Crippen molar-refractivity contribution >= 4 is 5.91 Å². The van der Waals surface area contributed by atoms with E-state index in [2.05, 4.69) is 27.4 Å². The lowest BCUT2D eigenvalue weighted by Gasteiger charge is -2.13. The van der Waals surface area contributed by atoms with E-state index in [4.69, 9.17) is 4.74 Å². The van der Waals surface area contributed by atoms with Crippen LogP contribution in [0.25, 0.3) is 0 Å². The number of aryl methyl sites for hydroxylation is 1. The van der Waals surface area contributed by atoms with Crippen LogP contribution < -0.4 is 5.32 Å². The number of aromatic amines is 1. The number of carbonyl (C=O) groups excluding carboxylic acids is 1. The van der Waals surface area contributed by atoms with Gasteiger partial charge in [-0.3, -0.25) is 9.89 Å². The van der Waals surface area contributed by atoms with Crippen LogP contribution in [0.3, 0.4) is 0 Å². The van der Waals surface area contributed by atoms with Gasteiger partial charge >= 0.3 is 0 Å². The van der Waals surface area contributed by atoms with E-state index in [1.54, 1.807) is 0 Å². The maximum atomic E-state index is 11.8. The third kappa shape index (κ3) is 3.07. The van der Waals surface area contributed by atoms with Gasteiger partial charge in [0.1, 0.15) is 5.82 Å². The first-order chi connectivity index (χ1) is 8.70. The molecule has 0 saturated carbocycles. The summed E-state index contributed by atoms with van der Waals surface area (Å²) in [6.07, 6.45) is 3.01. The Morgan fingerprint density at radius 1 is 1.61 bits per heavy atom. The number of ether oxygens (including phenoxy) is 1. The van der Waals surface area contributed by atoms with Crippen LogP contribution in [0.1, 0.15) is 43.1 Å². The molecular weight excluding hydrogens is 232 g/mol. The van der Waals surface area contributed by atoms with Crippen molar-refractivity contribution in [3.05, 3.63) is 11.6 Å². The zero-order valence-corrected chi connectivity index (χ0v) is 10.9. The summed E-state index contributed by atoms with van der Waals surface area (Å²) in [5.41, 5.74) is 0. The molecule has 1 aliphatic rings. The molecule has 0 aromatic carbocycles. The highest BCUT2D eigenvalue weighted by molar-refractivity contribution is 5.90. The molecule has 1 aromatic heterocycles. The first-order valence-corrected chi connectivity index (χ1v) is 6.51. The number of H-pyrrole nitrogens is 1. The highest BCUT2D eigenvalue weighted by Gasteiger charge is 2.25. The summed E-state index contributed by atoms with van der Waals surface area (Å²) in [5, 5.41) is 9.56. The van der Waals surface area contributed by atoms with Crippen LogP contribution in [0.2, 0.25) is 0 Å². The van der Waals surface area contributed by atoms with Crippen molar-refractivity contribution in [2.45, 2.75) is 39.2 Å². The Bertz CT molecular complexity index is 405. The average molecular weight is 252 g/mol. The minimum absolute atomic E-state index is 0.215. The van der Waals surface area contributed by atoms with E-state index in [1.807, 2.05) is 6.92 Å². The largest absolute Gasteiger partial charge is 0.378 e. The van der Waals surface area contributed by atoms with Crippen molar-refractivity contribution in [1.82, 2.24) is 20.5 Å². The molecule has 2 rings (SSSR count). The summed E-state index contributed by atoms with van der Waals surface area (Å²) >= 11 is 0. The Kier molecular flexibility index (Phi) is 4.30. The summed E-state index contributed by atoms with van der Waals surface area (Å²) in [5.74, 6) is 1.17. The summed E-state index contributed by atoms with van der Waals surface area (Å²) in [4.78, 5) is 16.0. The van der Waals surface area contributed by atoms with Crippen molar-refractivity contribution in [2.24, 2.45) is 5.92 Å². The Balaban J connectivity index is 1.83. The number of nitrogens with zero attached hydrogens (tertiary/aromatic N) is 2. The predicted octanol–water partition coefficient (Wildman–Crippen LogP) is 0.912. The second kappa shape index (κ2) is 5.95. The highest BCUT2D eigenvalue weighted by atomic mass is 16.5. The molecule has 1 aliphatic heterocycles. The maximum Gasteiger partial charge on any atom is 0.290 e. The van der Waals surface area contributed by atoms with Crippen molar-refractivity contribution < 1.29 is 9.53 Å². The van der Waals surface area contributed by atoms with Crippen LogP contribution in [0.15, 0.2) is 0 Å². The van der Waals surface area contributed by atoms with Gasteiger partial charge in [0.05, 0.1) is 6.10 Å². The van der Waals surface area contributed by atoms with Crippen LogP contribution in [-0.2, 0) is 11.2 Å². The van der Waals surface area contributed by atoms with Crippen molar-refractivity contribution in [1.29, 1.82) is 0 Å². The Morgan fingerprint density at radius 2 is 2.44 bits per heavy atom. The predicted molar refractivity (Wildman–Crippen MR) is 66.2 cm³/mol. The van der Waals surface area contributed by atoms with Crippen molar-refractivity contribution in [2.75, 3.05) is 13.2 Å². The van der Waals surface area contributed by atoms with Gasteiger partial charge in [-0.05, 0) is 19.8 Å². The summed E-state index contributed by atoms with van der Waals surface area (Å²) in [6.45, 7) is 5.50. The standard InChI is InChI=1S/C12H20N4O2/c1-3-4-10-14-11(16-15-10)12(17)13-7-9-5-6-18-8(9)2/h8-9H,3-7H2,1-2H3,(H,13,17)(H,14,15,16). The molecule has 18 heavy (non-hydrogen) atoms. The normalized spacial score (nSPS) is 23.2. The molecule has 1 amide bonds. The van der Waals surface area contributed by atoms with Gasteiger partial charge in [0.2, 0.25) is 5.82 Å². The van der Waals surface area contributed by atoms with E-state index >= 15 is 0 Å². The molecule has 1 fully saturated rings. The molecule has 6 heteroatoms. The van der Waals surface area contributed by atoms with E-state index in [0.717, 1.165) is 31.7 Å². The lowest BCUT2D eigenvalue weighted by atomic mass is 10.0. The monoisotopic (exact) mass is 252 g/mol. The number of hydrogen-bond acceptors (Lipinski definition) is 4. The summed E-state index contributed by atoms with van der Waals surface area (Å²) in [7, 11) is 0. The number of hydrogen-bond donors (Lipinski definition) is 2. The summed E-state index contributed by atoms with van der Waals surface area (Å²) in [6, 6.07) is 0. The average Bonchev–Trinajstić information content (AvgIpc) is 2.96. The van der Waals surface area contributed by atoms with Gasteiger partial charge in [0.25, 0.3) is 5.91 Å². The van der Waals surface area contributed by atoms with E-state index in [-0.39, 0.29) is 17.8 Å². The zero-order chi connectivity index (χ0) is 13.0. The molecule has 100 valence electrons. The molecule has 2 N–H and O–H groups in total. The zero-order valence-electron chi connectivity index (χ0n) is 10.9. The third-order valence-electron chi connectivity index (χ3n) is 3.28. The topological polar surface area (TPSA) is 79.9 Å². The van der Waals surface area contributed by atoms with Gasteiger partial charge in [-0.2, -0.15) is 0 Å². The quantitative estimate of drug-likeness (QED) is 0.816. The van der Waals surface area contributed by atoms with Crippen LogP contribution in [0.5, 0.6) is 0 Å². The van der Waals surface area contributed by atoms with Crippen LogP contribution in [0.4, 0.5) is 0 Å². The molecule has 0 spiro atoms. The number of rotatable bonds is 5. The van der Waals surface area contributed by atoms with Crippen LogP contribution >= 0.6 is 0 Å². The van der Waals surface area contributed by atoms with Gasteiger partial charge in [0, 0.05) is 25.5 Å². The minimum atomic E-state index is -0.215. The van der Waals surface area contributed by atoms with Gasteiger partial charge in [-0.1, -0.05) is 6.92 Å². The van der Waals surface area contributed by atoms with Gasteiger partial charge in [-0.15, -0.1) is 5.10 Å². The first-order valence-electron chi connectivity index (χ1n) is 6.51.